The van der Waals surface area contributed by atoms with Crippen molar-refractivity contribution in [3.05, 3.63) is 12.2 Å². The molecule has 0 radical (unpaired) electrons. The number of allylic oxidation sites excluding steroid dienone is 2. The fourth-order valence-corrected chi connectivity index (χ4v) is 4.23. The van der Waals surface area contributed by atoms with Crippen LogP contribution >= 0.6 is 0 Å². The molecule has 0 unspecified atom stereocenters. The van der Waals surface area contributed by atoms with E-state index in [0.717, 1.165) is 11.3 Å². The number of nitrogens with zero attached hydrogens (tertiary/aromatic N) is 1. The topological polar surface area (TPSA) is 74.7 Å². The highest BCUT2D eigenvalue weighted by atomic mass is 16.4. The lowest BCUT2D eigenvalue weighted by atomic mass is 9.73. The van der Waals surface area contributed by atoms with E-state index in [2.05, 4.69) is 12.2 Å². The van der Waals surface area contributed by atoms with Crippen molar-refractivity contribution < 1.29 is 19.5 Å². The van der Waals surface area contributed by atoms with Crippen molar-refractivity contribution in [2.24, 2.45) is 22.7 Å². The zero-order valence-corrected chi connectivity index (χ0v) is 11.0. The Balaban J connectivity index is 1.91. The third-order valence-electron chi connectivity index (χ3n) is 4.97. The van der Waals surface area contributed by atoms with E-state index in [0.29, 0.717) is 0 Å². The van der Waals surface area contributed by atoms with Gasteiger partial charge in [0.25, 0.3) is 0 Å². The van der Waals surface area contributed by atoms with Crippen LogP contribution in [-0.2, 0) is 14.4 Å². The average Bonchev–Trinajstić information content (AvgIpc) is 2.83. The summed E-state index contributed by atoms with van der Waals surface area (Å²) in [4.78, 5) is 36.6. The molecule has 4 atom stereocenters. The number of carboxylic acid groups (broad SMARTS) is 1. The van der Waals surface area contributed by atoms with Gasteiger partial charge in [-0.3, -0.25) is 19.3 Å². The van der Waals surface area contributed by atoms with Gasteiger partial charge >= 0.3 is 5.97 Å². The molecule has 1 N–H and O–H groups in total. The van der Waals surface area contributed by atoms with Crippen LogP contribution in [0.15, 0.2) is 12.2 Å². The Hall–Kier alpha value is -1.65. The first-order chi connectivity index (χ1) is 8.78. The van der Waals surface area contributed by atoms with Crippen LogP contribution in [-0.4, -0.2) is 34.3 Å². The van der Waals surface area contributed by atoms with Gasteiger partial charge in [-0.2, -0.15) is 0 Å². The highest BCUT2D eigenvalue weighted by Gasteiger charge is 2.68. The van der Waals surface area contributed by atoms with E-state index in [1.807, 2.05) is 13.8 Å². The number of likely N-dealkylation sites (tertiary alicyclic amines) is 1. The quantitative estimate of drug-likeness (QED) is 0.610. The minimum absolute atomic E-state index is 0.00778. The fraction of sp³-hybridized carbons (Fsp3) is 0.643. The Morgan fingerprint density at radius 3 is 2.16 bits per heavy atom. The number of rotatable bonds is 3. The van der Waals surface area contributed by atoms with Gasteiger partial charge in [0, 0.05) is 6.54 Å². The van der Waals surface area contributed by atoms with Gasteiger partial charge in [-0.15, -0.1) is 0 Å². The number of hydrogen-bond acceptors (Lipinski definition) is 3. The summed E-state index contributed by atoms with van der Waals surface area (Å²) in [6.07, 6.45) is 4.76. The maximum atomic E-state index is 12.4. The van der Waals surface area contributed by atoms with Gasteiger partial charge in [0.15, 0.2) is 0 Å². The van der Waals surface area contributed by atoms with Crippen molar-refractivity contribution in [3.63, 3.8) is 0 Å². The van der Waals surface area contributed by atoms with Crippen LogP contribution in [0.3, 0.4) is 0 Å². The number of carboxylic acids is 1. The smallest absolute Gasteiger partial charge is 0.305 e. The number of aliphatic carboxylic acids is 1. The summed E-state index contributed by atoms with van der Waals surface area (Å²) in [6.45, 7) is 4.03. The second-order valence-corrected chi connectivity index (χ2v) is 6.45. The Morgan fingerprint density at radius 2 is 1.74 bits per heavy atom. The van der Waals surface area contributed by atoms with Crippen LogP contribution in [0.2, 0.25) is 0 Å². The van der Waals surface area contributed by atoms with Crippen molar-refractivity contribution >= 4 is 17.8 Å². The Kier molecular flexibility index (Phi) is 2.26. The van der Waals surface area contributed by atoms with E-state index in [4.69, 9.17) is 5.11 Å². The lowest BCUT2D eigenvalue weighted by Crippen LogP contribution is -2.36. The maximum absolute atomic E-state index is 12.4. The van der Waals surface area contributed by atoms with Crippen LogP contribution in [0.1, 0.15) is 26.7 Å². The number of amides is 2. The first-order valence-electron chi connectivity index (χ1n) is 6.56. The third-order valence-corrected chi connectivity index (χ3v) is 4.97. The monoisotopic (exact) mass is 263 g/mol. The summed E-state index contributed by atoms with van der Waals surface area (Å²) in [5, 5.41) is 8.71. The predicted molar refractivity (Wildman–Crippen MR) is 65.9 cm³/mol. The zero-order chi connectivity index (χ0) is 14.0. The number of imide groups is 1. The van der Waals surface area contributed by atoms with Crippen molar-refractivity contribution in [2.45, 2.75) is 26.7 Å². The Labute approximate surface area is 111 Å². The van der Waals surface area contributed by atoms with E-state index in [9.17, 15) is 14.4 Å². The summed E-state index contributed by atoms with van der Waals surface area (Å²) in [5.41, 5.74) is -0.492. The molecule has 19 heavy (non-hydrogen) atoms. The fourth-order valence-electron chi connectivity index (χ4n) is 4.23. The molecule has 2 bridgehead atoms. The average molecular weight is 263 g/mol. The van der Waals surface area contributed by atoms with Crippen LogP contribution in [0.4, 0.5) is 0 Å². The van der Waals surface area contributed by atoms with E-state index >= 15 is 0 Å². The molecule has 102 valence electrons. The first-order valence-corrected chi connectivity index (χ1v) is 6.56. The van der Waals surface area contributed by atoms with E-state index in [1.165, 1.54) is 0 Å². The summed E-state index contributed by atoms with van der Waals surface area (Å²) in [5.74, 6) is -1.97. The van der Waals surface area contributed by atoms with Crippen molar-refractivity contribution in [1.29, 1.82) is 0 Å². The lowest BCUT2D eigenvalue weighted by Gasteiger charge is -2.26. The molecule has 1 aliphatic heterocycles. The second-order valence-electron chi connectivity index (χ2n) is 6.45. The second kappa shape index (κ2) is 3.46. The van der Waals surface area contributed by atoms with Crippen LogP contribution in [0.25, 0.3) is 0 Å². The SMILES string of the molecule is C[C@]12C=C[C@](C)(C1)[C@@H]1C(=O)N(CCC(=O)O)C(=O)[C@@H]12. The first kappa shape index (κ1) is 12.4. The predicted octanol–water partition coefficient (Wildman–Crippen LogP) is 1.05. The normalized spacial score (nSPS) is 43.2. The number of hydrogen-bond donors (Lipinski definition) is 1. The molecule has 0 aromatic rings. The highest BCUT2D eigenvalue weighted by Crippen LogP contribution is 2.65. The molecule has 2 aliphatic carbocycles. The molecule has 1 saturated heterocycles. The maximum Gasteiger partial charge on any atom is 0.305 e. The van der Waals surface area contributed by atoms with Gasteiger partial charge in [-0.25, -0.2) is 0 Å². The molecule has 1 heterocycles. The number of carbonyl (C=O) groups excluding carboxylic acids is 2. The highest BCUT2D eigenvalue weighted by molar-refractivity contribution is 6.07. The van der Waals surface area contributed by atoms with Gasteiger partial charge in [0.05, 0.1) is 18.3 Å². The third kappa shape index (κ3) is 1.44. The van der Waals surface area contributed by atoms with Gasteiger partial charge in [-0.1, -0.05) is 26.0 Å². The summed E-state index contributed by atoms with van der Waals surface area (Å²) in [7, 11) is 0. The van der Waals surface area contributed by atoms with Crippen molar-refractivity contribution in [1.82, 2.24) is 4.90 Å². The molecule has 0 spiro atoms. The Morgan fingerprint density at radius 1 is 1.26 bits per heavy atom. The van der Waals surface area contributed by atoms with E-state index in [-0.39, 0.29) is 47.4 Å². The Bertz CT molecular complexity index is 490. The molecule has 0 aromatic heterocycles. The van der Waals surface area contributed by atoms with Gasteiger partial charge in [-0.05, 0) is 17.3 Å². The molecular weight excluding hydrogens is 246 g/mol. The number of fused-ring (bicyclic) bond motifs is 5. The minimum Gasteiger partial charge on any atom is -0.481 e. The molecule has 3 rings (SSSR count). The van der Waals surface area contributed by atoms with Gasteiger partial charge < -0.3 is 5.11 Å². The summed E-state index contributed by atoms with van der Waals surface area (Å²) < 4.78 is 0. The van der Waals surface area contributed by atoms with Crippen molar-refractivity contribution in [2.75, 3.05) is 6.54 Å². The molecule has 0 aromatic carbocycles. The van der Waals surface area contributed by atoms with Crippen LogP contribution in [0, 0.1) is 22.7 Å². The molecular formula is C14H17NO4. The molecule has 2 fully saturated rings. The van der Waals surface area contributed by atoms with Crippen LogP contribution < -0.4 is 0 Å². The van der Waals surface area contributed by atoms with Gasteiger partial charge in [0.1, 0.15) is 0 Å². The summed E-state index contributed by atoms with van der Waals surface area (Å²) in [6, 6.07) is 0. The largest absolute Gasteiger partial charge is 0.481 e. The molecule has 1 saturated carbocycles. The van der Waals surface area contributed by atoms with Crippen LogP contribution in [0.5, 0.6) is 0 Å². The van der Waals surface area contributed by atoms with Crippen molar-refractivity contribution in [3.8, 4) is 0 Å². The lowest BCUT2D eigenvalue weighted by molar-refractivity contribution is -0.143. The van der Waals surface area contributed by atoms with Gasteiger partial charge in [0.2, 0.25) is 11.8 Å². The molecule has 2 amide bonds. The molecule has 3 aliphatic rings. The number of carbonyl (C=O) groups is 3. The summed E-state index contributed by atoms with van der Waals surface area (Å²) >= 11 is 0. The zero-order valence-electron chi connectivity index (χ0n) is 11.0. The standard InChI is InChI=1S/C14H17NO4/c1-13-4-5-14(2,7-13)10-9(13)11(18)15(12(10)19)6-3-8(16)17/h4-5,9-10H,3,6-7H2,1-2H3,(H,16,17)/t9-,10+,13+,14-. The minimum atomic E-state index is -0.990. The van der Waals surface area contributed by atoms with E-state index < -0.39 is 5.97 Å². The van der Waals surface area contributed by atoms with E-state index in [1.54, 1.807) is 0 Å². The molecule has 5 nitrogen and oxygen atoms in total. The molecule has 5 heteroatoms.